The average molecular weight is 285 g/mol. The number of benzene rings is 1. The number of azo groups is 1. The van der Waals surface area contributed by atoms with Crippen molar-refractivity contribution < 1.29 is 8.81 Å². The van der Waals surface area contributed by atoms with Crippen LogP contribution in [0.25, 0.3) is 11.3 Å². The zero-order chi connectivity index (χ0) is 14.8. The van der Waals surface area contributed by atoms with Crippen LogP contribution in [0, 0.1) is 12.7 Å². The zero-order valence-corrected chi connectivity index (χ0v) is 11.2. The summed E-state index contributed by atoms with van der Waals surface area (Å²) in [6.07, 6.45) is 1.56. The van der Waals surface area contributed by atoms with E-state index >= 15 is 0 Å². The minimum absolute atomic E-state index is 0.214. The molecule has 3 rings (SSSR count). The van der Waals surface area contributed by atoms with Crippen LogP contribution in [-0.4, -0.2) is 10.2 Å². The summed E-state index contributed by atoms with van der Waals surface area (Å²) < 4.78 is 18.4. The lowest BCUT2D eigenvalue weighted by Crippen LogP contribution is -1.83. The van der Waals surface area contributed by atoms with E-state index in [1.165, 1.54) is 12.1 Å². The van der Waals surface area contributed by atoms with E-state index in [9.17, 15) is 4.39 Å². The molecule has 0 aliphatic heterocycles. The molecule has 0 aliphatic rings. The van der Waals surface area contributed by atoms with E-state index in [-0.39, 0.29) is 11.6 Å². The van der Waals surface area contributed by atoms with Crippen LogP contribution in [-0.2, 0) is 0 Å². The molecule has 2 heterocycles. The Hall–Kier alpha value is -2.96. The second kappa shape index (κ2) is 5.20. The third-order valence-corrected chi connectivity index (χ3v) is 2.97. The fraction of sp³-hybridized carbons (Fsp3) is 0.0714. The van der Waals surface area contributed by atoms with Gasteiger partial charge in [0, 0.05) is 11.6 Å². The van der Waals surface area contributed by atoms with E-state index in [4.69, 9.17) is 10.2 Å². The Morgan fingerprint density at radius 1 is 1.29 bits per heavy atom. The summed E-state index contributed by atoms with van der Waals surface area (Å²) in [6.45, 7) is 1.82. The number of aromatic nitrogens is 2. The molecule has 0 radical (unpaired) electrons. The van der Waals surface area contributed by atoms with Crippen LogP contribution in [0.3, 0.4) is 0 Å². The standard InChI is InChI=1S/C14H12FN5O/c1-8-11(5-6-21-8)12-13(14(16)20-18-12)19-17-10-4-2-3-9(15)7-10/h2-7H,1H3,(H3,16,18,20). The zero-order valence-electron chi connectivity index (χ0n) is 11.2. The molecule has 7 heteroatoms. The molecule has 0 spiro atoms. The Bertz CT molecular complexity index is 805. The van der Waals surface area contributed by atoms with Gasteiger partial charge < -0.3 is 10.2 Å². The van der Waals surface area contributed by atoms with Gasteiger partial charge in [0.2, 0.25) is 0 Å². The number of nitrogens with zero attached hydrogens (tertiary/aromatic N) is 3. The Morgan fingerprint density at radius 3 is 2.86 bits per heavy atom. The fourth-order valence-corrected chi connectivity index (χ4v) is 1.93. The first-order valence-electron chi connectivity index (χ1n) is 6.21. The van der Waals surface area contributed by atoms with Gasteiger partial charge >= 0.3 is 0 Å². The first kappa shape index (κ1) is 13.0. The largest absolute Gasteiger partial charge is 0.469 e. The van der Waals surface area contributed by atoms with E-state index in [0.717, 1.165) is 5.56 Å². The maximum absolute atomic E-state index is 13.1. The second-order valence-corrected chi connectivity index (χ2v) is 4.40. The van der Waals surface area contributed by atoms with E-state index < -0.39 is 0 Å². The number of hydrogen-bond acceptors (Lipinski definition) is 5. The number of H-pyrrole nitrogens is 1. The highest BCUT2D eigenvalue weighted by atomic mass is 19.1. The molecular formula is C14H12FN5O. The maximum atomic E-state index is 13.1. The molecule has 6 nitrogen and oxygen atoms in total. The minimum Gasteiger partial charge on any atom is -0.469 e. The van der Waals surface area contributed by atoms with Crippen molar-refractivity contribution in [1.29, 1.82) is 0 Å². The van der Waals surface area contributed by atoms with Gasteiger partial charge in [-0.3, -0.25) is 5.10 Å². The Labute approximate surface area is 119 Å². The van der Waals surface area contributed by atoms with E-state index in [0.29, 0.717) is 22.8 Å². The van der Waals surface area contributed by atoms with Crippen LogP contribution >= 0.6 is 0 Å². The molecule has 0 aliphatic carbocycles. The van der Waals surface area contributed by atoms with Crippen molar-refractivity contribution in [2.75, 3.05) is 5.73 Å². The third kappa shape index (κ3) is 2.53. The Kier molecular flexibility index (Phi) is 3.23. The number of hydrogen-bond donors (Lipinski definition) is 2. The predicted molar refractivity (Wildman–Crippen MR) is 76.0 cm³/mol. The predicted octanol–water partition coefficient (Wildman–Crippen LogP) is 4.11. The molecule has 0 unspecified atom stereocenters. The van der Waals surface area contributed by atoms with Crippen molar-refractivity contribution in [3.05, 3.63) is 48.2 Å². The summed E-state index contributed by atoms with van der Waals surface area (Å²) in [5, 5.41) is 14.8. The molecular weight excluding hydrogens is 273 g/mol. The van der Waals surface area contributed by atoms with Gasteiger partial charge in [0.05, 0.1) is 17.6 Å². The monoisotopic (exact) mass is 285 g/mol. The molecule has 0 saturated heterocycles. The number of anilines is 1. The molecule has 0 amide bonds. The molecule has 0 bridgehead atoms. The van der Waals surface area contributed by atoms with Crippen LogP contribution in [0.2, 0.25) is 0 Å². The molecule has 1 aromatic carbocycles. The lowest BCUT2D eigenvalue weighted by atomic mass is 10.2. The fourth-order valence-electron chi connectivity index (χ4n) is 1.93. The van der Waals surface area contributed by atoms with Crippen molar-refractivity contribution in [3.63, 3.8) is 0 Å². The van der Waals surface area contributed by atoms with Crippen molar-refractivity contribution in [2.24, 2.45) is 10.2 Å². The summed E-state index contributed by atoms with van der Waals surface area (Å²) in [5.74, 6) is 0.545. The topological polar surface area (TPSA) is 92.6 Å². The molecule has 3 N–H and O–H groups in total. The Morgan fingerprint density at radius 2 is 2.14 bits per heavy atom. The lowest BCUT2D eigenvalue weighted by molar-refractivity contribution is 0.535. The number of halogens is 1. The number of furan rings is 1. The van der Waals surface area contributed by atoms with Gasteiger partial charge in [0.25, 0.3) is 0 Å². The summed E-state index contributed by atoms with van der Waals surface area (Å²) >= 11 is 0. The third-order valence-electron chi connectivity index (χ3n) is 2.97. The van der Waals surface area contributed by atoms with Gasteiger partial charge in [-0.2, -0.15) is 10.2 Å². The maximum Gasteiger partial charge on any atom is 0.173 e. The first-order valence-corrected chi connectivity index (χ1v) is 6.21. The Balaban J connectivity index is 2.00. The summed E-state index contributed by atoms with van der Waals surface area (Å²) in [4.78, 5) is 0. The van der Waals surface area contributed by atoms with Gasteiger partial charge in [-0.25, -0.2) is 4.39 Å². The van der Waals surface area contributed by atoms with Crippen molar-refractivity contribution >= 4 is 17.2 Å². The minimum atomic E-state index is -0.377. The van der Waals surface area contributed by atoms with Crippen molar-refractivity contribution in [2.45, 2.75) is 6.92 Å². The molecule has 0 atom stereocenters. The molecule has 3 aromatic rings. The van der Waals surface area contributed by atoms with Crippen LogP contribution in [0.5, 0.6) is 0 Å². The number of aromatic amines is 1. The molecule has 21 heavy (non-hydrogen) atoms. The number of nitrogen functional groups attached to an aromatic ring is 1. The normalized spacial score (nSPS) is 11.3. The number of aryl methyl sites for hydroxylation is 1. The van der Waals surface area contributed by atoms with E-state index in [2.05, 4.69) is 20.4 Å². The van der Waals surface area contributed by atoms with Crippen LogP contribution in [0.1, 0.15) is 5.76 Å². The lowest BCUT2D eigenvalue weighted by Gasteiger charge is -1.97. The molecule has 2 aromatic heterocycles. The van der Waals surface area contributed by atoms with E-state index in [1.807, 2.05) is 6.92 Å². The summed E-state index contributed by atoms with van der Waals surface area (Å²) in [5.41, 5.74) is 7.99. The second-order valence-electron chi connectivity index (χ2n) is 4.40. The summed E-state index contributed by atoms with van der Waals surface area (Å²) in [7, 11) is 0. The number of nitrogens with two attached hydrogens (primary N) is 1. The van der Waals surface area contributed by atoms with Crippen LogP contribution < -0.4 is 5.73 Å². The highest BCUT2D eigenvalue weighted by Gasteiger charge is 2.15. The van der Waals surface area contributed by atoms with E-state index in [1.54, 1.807) is 24.5 Å². The quantitative estimate of drug-likeness (QED) is 0.709. The first-order chi connectivity index (χ1) is 10.1. The van der Waals surface area contributed by atoms with Gasteiger partial charge in [-0.15, -0.1) is 5.11 Å². The van der Waals surface area contributed by atoms with Gasteiger partial charge in [0.1, 0.15) is 11.6 Å². The highest BCUT2D eigenvalue weighted by molar-refractivity contribution is 5.80. The molecule has 106 valence electrons. The van der Waals surface area contributed by atoms with Crippen LogP contribution in [0.4, 0.5) is 21.6 Å². The average Bonchev–Trinajstić information content (AvgIpc) is 3.03. The van der Waals surface area contributed by atoms with Crippen molar-refractivity contribution in [3.8, 4) is 11.3 Å². The number of nitrogens with one attached hydrogen (secondary N) is 1. The number of rotatable bonds is 3. The van der Waals surface area contributed by atoms with Gasteiger partial charge in [-0.1, -0.05) is 6.07 Å². The van der Waals surface area contributed by atoms with Crippen LogP contribution in [0.15, 0.2) is 51.2 Å². The molecule has 0 saturated carbocycles. The highest BCUT2D eigenvalue weighted by Crippen LogP contribution is 2.36. The SMILES string of the molecule is Cc1occc1-c1[nH]nc(N)c1N=Nc1cccc(F)c1. The summed E-state index contributed by atoms with van der Waals surface area (Å²) in [6, 6.07) is 7.60. The van der Waals surface area contributed by atoms with Gasteiger partial charge in [-0.05, 0) is 25.1 Å². The smallest absolute Gasteiger partial charge is 0.173 e. The van der Waals surface area contributed by atoms with Crippen molar-refractivity contribution in [1.82, 2.24) is 10.2 Å². The molecule has 0 fully saturated rings. The van der Waals surface area contributed by atoms with Gasteiger partial charge in [0.15, 0.2) is 11.5 Å².